The van der Waals surface area contributed by atoms with Gasteiger partial charge in [-0.25, -0.2) is 4.79 Å². The number of ether oxygens (including phenoxy) is 1. The summed E-state index contributed by atoms with van der Waals surface area (Å²) in [5.74, 6) is 2.28. The monoisotopic (exact) mass is 333 g/mol. The molecule has 0 N–H and O–H groups in total. The van der Waals surface area contributed by atoms with Gasteiger partial charge in [0.25, 0.3) is 0 Å². The normalized spacial score (nSPS) is 9.42. The molecular formula is C14H16BrMgNO2. The standard InChI is InChI=1S/C14H16NO2.BrH.Mg/c1-6-11-7-9-12(10-8-11)15(5)13(16)17-14(2,3)4;;/h7-10H,2-5H3;1H;/q-1;;+2/p-1. The Balaban J connectivity index is 0. The third-order valence-corrected chi connectivity index (χ3v) is 2.07. The zero-order chi connectivity index (χ0) is 13.1. The van der Waals surface area contributed by atoms with Crippen LogP contribution in [0.25, 0.3) is 0 Å². The van der Waals surface area contributed by atoms with E-state index in [2.05, 4.69) is 5.92 Å². The van der Waals surface area contributed by atoms with Crippen LogP contribution in [0.4, 0.5) is 10.5 Å². The van der Waals surface area contributed by atoms with Gasteiger partial charge in [0, 0.05) is 12.7 Å². The van der Waals surface area contributed by atoms with Gasteiger partial charge in [-0.1, -0.05) is 12.1 Å². The van der Waals surface area contributed by atoms with Crippen LogP contribution >= 0.6 is 0 Å². The number of hydrogen-bond acceptors (Lipinski definition) is 2. The molecule has 0 aromatic heterocycles. The fourth-order valence-electron chi connectivity index (χ4n) is 1.20. The van der Waals surface area contributed by atoms with Gasteiger partial charge in [-0.3, -0.25) is 10.8 Å². The number of halogens is 1. The summed E-state index contributed by atoms with van der Waals surface area (Å²) in [4.78, 5) is 13.2. The van der Waals surface area contributed by atoms with Crippen LogP contribution in [-0.2, 0) is 4.74 Å². The number of anilines is 1. The minimum absolute atomic E-state index is 0. The molecule has 0 atom stereocenters. The topological polar surface area (TPSA) is 29.5 Å². The van der Waals surface area contributed by atoms with E-state index in [4.69, 9.17) is 11.2 Å². The molecule has 0 spiro atoms. The molecular weight excluding hydrogens is 318 g/mol. The van der Waals surface area contributed by atoms with Gasteiger partial charge in [-0.2, -0.15) is 0 Å². The van der Waals surface area contributed by atoms with Gasteiger partial charge in [-0.15, -0.1) is 17.7 Å². The summed E-state index contributed by atoms with van der Waals surface area (Å²) in [6, 6.07) is 6.95. The Hall–Kier alpha value is -0.704. The Bertz CT molecular complexity index is 446. The maximum atomic E-state index is 11.8. The summed E-state index contributed by atoms with van der Waals surface area (Å²) in [5.41, 5.74) is 0.887. The second-order valence-electron chi connectivity index (χ2n) is 4.71. The molecule has 0 saturated heterocycles. The SMILES string of the molecule is [Br-].[C-]#Cc1ccc(N(C)C(=O)OC(C)(C)C)cc1.[Mg+2]. The van der Waals surface area contributed by atoms with Gasteiger partial charge in [0.2, 0.25) is 0 Å². The van der Waals surface area contributed by atoms with Crippen molar-refractivity contribution in [3.8, 4) is 5.92 Å². The minimum Gasteiger partial charge on any atom is -1.00 e. The van der Waals surface area contributed by atoms with Crippen LogP contribution < -0.4 is 21.9 Å². The zero-order valence-corrected chi connectivity index (χ0v) is 14.7. The number of nitrogens with zero attached hydrogens (tertiary/aromatic N) is 1. The first-order valence-corrected chi connectivity index (χ1v) is 5.33. The summed E-state index contributed by atoms with van der Waals surface area (Å²) >= 11 is 0. The number of benzene rings is 1. The molecule has 0 aliphatic heterocycles. The first-order valence-electron chi connectivity index (χ1n) is 5.33. The van der Waals surface area contributed by atoms with Crippen molar-refractivity contribution >= 4 is 34.8 Å². The van der Waals surface area contributed by atoms with E-state index in [1.165, 1.54) is 4.90 Å². The molecule has 1 rings (SSSR count). The van der Waals surface area contributed by atoms with Gasteiger partial charge in [0.1, 0.15) is 5.60 Å². The van der Waals surface area contributed by atoms with Crippen molar-refractivity contribution in [1.82, 2.24) is 0 Å². The second-order valence-corrected chi connectivity index (χ2v) is 4.71. The molecule has 3 nitrogen and oxygen atoms in total. The van der Waals surface area contributed by atoms with E-state index >= 15 is 0 Å². The fraction of sp³-hybridized carbons (Fsp3) is 0.357. The van der Waals surface area contributed by atoms with E-state index in [0.717, 1.165) is 5.69 Å². The molecule has 0 unspecified atom stereocenters. The molecule has 0 aliphatic rings. The Labute approximate surface area is 141 Å². The number of carbonyl (C=O) groups is 1. The smallest absolute Gasteiger partial charge is 1.00 e. The fourth-order valence-corrected chi connectivity index (χ4v) is 1.20. The number of rotatable bonds is 1. The van der Waals surface area contributed by atoms with Gasteiger partial charge >= 0.3 is 29.1 Å². The Morgan fingerprint density at radius 2 is 1.74 bits per heavy atom. The minimum atomic E-state index is -0.506. The number of carbonyl (C=O) groups excluding carboxylic acids is 1. The van der Waals surface area contributed by atoms with Crippen molar-refractivity contribution in [1.29, 1.82) is 0 Å². The average molecular weight is 334 g/mol. The number of amides is 1. The van der Waals surface area contributed by atoms with Crippen molar-refractivity contribution in [3.63, 3.8) is 0 Å². The molecule has 0 heterocycles. The van der Waals surface area contributed by atoms with E-state index in [1.807, 2.05) is 20.8 Å². The van der Waals surface area contributed by atoms with Crippen LogP contribution in [0.15, 0.2) is 24.3 Å². The molecule has 1 aromatic rings. The molecule has 5 heteroatoms. The summed E-state index contributed by atoms with van der Waals surface area (Å²) in [6.45, 7) is 5.48. The first-order chi connectivity index (χ1) is 7.83. The maximum Gasteiger partial charge on any atom is 2.00 e. The summed E-state index contributed by atoms with van der Waals surface area (Å²) in [5, 5.41) is 0. The van der Waals surface area contributed by atoms with Gasteiger partial charge in [0.15, 0.2) is 0 Å². The molecule has 19 heavy (non-hydrogen) atoms. The Kier molecular flexibility index (Phi) is 9.18. The predicted molar refractivity (Wildman–Crippen MR) is 73.1 cm³/mol. The van der Waals surface area contributed by atoms with Crippen LogP contribution in [0, 0.1) is 12.3 Å². The van der Waals surface area contributed by atoms with E-state index in [0.29, 0.717) is 5.56 Å². The van der Waals surface area contributed by atoms with Crippen molar-refractivity contribution in [3.05, 3.63) is 36.3 Å². The van der Waals surface area contributed by atoms with Crippen molar-refractivity contribution in [2.45, 2.75) is 26.4 Å². The van der Waals surface area contributed by atoms with E-state index in [9.17, 15) is 4.79 Å². The summed E-state index contributed by atoms with van der Waals surface area (Å²) < 4.78 is 5.24. The number of hydrogen-bond donors (Lipinski definition) is 0. The third kappa shape index (κ3) is 6.86. The molecule has 98 valence electrons. The van der Waals surface area contributed by atoms with Crippen LogP contribution in [-0.4, -0.2) is 41.8 Å². The van der Waals surface area contributed by atoms with Gasteiger partial charge < -0.3 is 28.1 Å². The zero-order valence-electron chi connectivity index (χ0n) is 11.7. The van der Waals surface area contributed by atoms with Crippen LogP contribution in [0.5, 0.6) is 0 Å². The third-order valence-electron chi connectivity index (χ3n) is 2.07. The Morgan fingerprint density at radius 1 is 1.26 bits per heavy atom. The van der Waals surface area contributed by atoms with Crippen molar-refractivity contribution in [2.24, 2.45) is 0 Å². The predicted octanol–water partition coefficient (Wildman–Crippen LogP) is -0.381. The van der Waals surface area contributed by atoms with Crippen LogP contribution in [0.3, 0.4) is 0 Å². The largest absolute Gasteiger partial charge is 2.00 e. The van der Waals surface area contributed by atoms with E-state index < -0.39 is 11.7 Å². The van der Waals surface area contributed by atoms with Crippen molar-refractivity contribution in [2.75, 3.05) is 11.9 Å². The molecule has 1 aromatic carbocycles. The first kappa shape index (κ1) is 20.6. The van der Waals surface area contributed by atoms with E-state index in [-0.39, 0.29) is 40.0 Å². The summed E-state index contributed by atoms with van der Waals surface area (Å²) in [7, 11) is 1.65. The molecule has 0 radical (unpaired) electrons. The molecule has 0 saturated carbocycles. The average Bonchev–Trinajstić information content (AvgIpc) is 2.26. The van der Waals surface area contributed by atoms with E-state index in [1.54, 1.807) is 31.3 Å². The van der Waals surface area contributed by atoms with Crippen molar-refractivity contribution < 1.29 is 26.5 Å². The van der Waals surface area contributed by atoms with Crippen LogP contribution in [0.1, 0.15) is 26.3 Å². The van der Waals surface area contributed by atoms with Gasteiger partial charge in [-0.05, 0) is 20.8 Å². The van der Waals surface area contributed by atoms with Crippen LogP contribution in [0.2, 0.25) is 0 Å². The second kappa shape index (κ2) is 8.46. The summed E-state index contributed by atoms with van der Waals surface area (Å²) in [6.07, 6.45) is 6.57. The molecule has 0 bridgehead atoms. The molecule has 0 aliphatic carbocycles. The maximum absolute atomic E-state index is 11.8. The van der Waals surface area contributed by atoms with Gasteiger partial charge in [0.05, 0.1) is 0 Å². The Morgan fingerprint density at radius 3 is 2.11 bits per heavy atom. The quantitative estimate of drug-likeness (QED) is 0.398. The molecule has 0 fully saturated rings. The molecule has 1 amide bonds.